The maximum atomic E-state index is 13.7. The van der Waals surface area contributed by atoms with E-state index in [0.717, 1.165) is 5.56 Å². The number of hydrogen-bond acceptors (Lipinski definition) is 4. The third-order valence-corrected chi connectivity index (χ3v) is 4.10. The van der Waals surface area contributed by atoms with Crippen LogP contribution in [0.15, 0.2) is 42.5 Å². The summed E-state index contributed by atoms with van der Waals surface area (Å²) >= 11 is 0. The SMILES string of the molecule is CCNC(=O)COc1ccc(CNC(C)Cc2ccccc2F)cc1OC. The van der Waals surface area contributed by atoms with Crippen LogP contribution in [0.4, 0.5) is 4.39 Å². The van der Waals surface area contributed by atoms with Crippen LogP contribution < -0.4 is 20.1 Å². The lowest BCUT2D eigenvalue weighted by Gasteiger charge is -2.16. The lowest BCUT2D eigenvalue weighted by molar-refractivity contribution is -0.123. The summed E-state index contributed by atoms with van der Waals surface area (Å²) in [6.07, 6.45) is 0.609. The van der Waals surface area contributed by atoms with Crippen molar-refractivity contribution in [2.75, 3.05) is 20.3 Å². The number of carbonyl (C=O) groups excluding carboxylic acids is 1. The minimum atomic E-state index is -0.179. The molecule has 27 heavy (non-hydrogen) atoms. The molecule has 6 heteroatoms. The highest BCUT2D eigenvalue weighted by Gasteiger charge is 2.10. The topological polar surface area (TPSA) is 59.6 Å². The number of methoxy groups -OCH3 is 1. The molecule has 1 unspecified atom stereocenters. The highest BCUT2D eigenvalue weighted by molar-refractivity contribution is 5.77. The molecule has 2 rings (SSSR count). The van der Waals surface area contributed by atoms with E-state index in [2.05, 4.69) is 10.6 Å². The molecular weight excluding hydrogens is 347 g/mol. The minimum absolute atomic E-state index is 0.0541. The molecule has 0 bridgehead atoms. The van der Waals surface area contributed by atoms with Gasteiger partial charge in [0.15, 0.2) is 18.1 Å². The van der Waals surface area contributed by atoms with Crippen LogP contribution in [0.5, 0.6) is 11.5 Å². The molecule has 0 heterocycles. The summed E-state index contributed by atoms with van der Waals surface area (Å²) in [4.78, 5) is 11.5. The molecule has 2 N–H and O–H groups in total. The summed E-state index contributed by atoms with van der Waals surface area (Å²) in [5.74, 6) is 0.737. The monoisotopic (exact) mass is 374 g/mol. The van der Waals surface area contributed by atoms with E-state index in [-0.39, 0.29) is 24.4 Å². The second-order valence-electron chi connectivity index (χ2n) is 6.30. The second-order valence-corrected chi connectivity index (χ2v) is 6.30. The molecule has 0 saturated carbocycles. The Hall–Kier alpha value is -2.60. The standard InChI is InChI=1S/C21H27FN2O3/c1-4-23-21(25)14-27-19-10-9-16(12-20(19)26-3)13-24-15(2)11-17-7-5-6-8-18(17)22/h5-10,12,15,24H,4,11,13-14H2,1-3H3,(H,23,25). The number of benzene rings is 2. The first kappa shape index (κ1) is 20.7. The van der Waals surface area contributed by atoms with Gasteiger partial charge in [-0.05, 0) is 49.6 Å². The van der Waals surface area contributed by atoms with Crippen molar-refractivity contribution in [2.45, 2.75) is 32.9 Å². The Kier molecular flexibility index (Phi) is 8.07. The van der Waals surface area contributed by atoms with Gasteiger partial charge in [-0.2, -0.15) is 0 Å². The number of amides is 1. The van der Waals surface area contributed by atoms with E-state index in [1.165, 1.54) is 6.07 Å². The summed E-state index contributed by atoms with van der Waals surface area (Å²) in [6, 6.07) is 12.5. The Morgan fingerprint density at radius 1 is 1.19 bits per heavy atom. The van der Waals surface area contributed by atoms with Gasteiger partial charge < -0.3 is 20.1 Å². The number of carbonyl (C=O) groups is 1. The van der Waals surface area contributed by atoms with E-state index in [4.69, 9.17) is 9.47 Å². The van der Waals surface area contributed by atoms with Crippen molar-refractivity contribution in [3.8, 4) is 11.5 Å². The molecule has 0 saturated heterocycles. The Balaban J connectivity index is 1.91. The van der Waals surface area contributed by atoms with Crippen LogP contribution in [-0.4, -0.2) is 32.2 Å². The van der Waals surface area contributed by atoms with Crippen LogP contribution in [0.1, 0.15) is 25.0 Å². The van der Waals surface area contributed by atoms with Gasteiger partial charge in [-0.3, -0.25) is 4.79 Å². The van der Waals surface area contributed by atoms with Crippen LogP contribution in [0.3, 0.4) is 0 Å². The predicted molar refractivity (Wildman–Crippen MR) is 104 cm³/mol. The predicted octanol–water partition coefficient (Wildman–Crippen LogP) is 3.07. The highest BCUT2D eigenvalue weighted by Crippen LogP contribution is 2.28. The fourth-order valence-corrected chi connectivity index (χ4v) is 2.69. The fourth-order valence-electron chi connectivity index (χ4n) is 2.69. The van der Waals surface area contributed by atoms with Crippen molar-refractivity contribution in [3.05, 3.63) is 59.4 Å². The van der Waals surface area contributed by atoms with Crippen molar-refractivity contribution < 1.29 is 18.7 Å². The van der Waals surface area contributed by atoms with Gasteiger partial charge in [0.25, 0.3) is 5.91 Å². The Morgan fingerprint density at radius 2 is 1.96 bits per heavy atom. The minimum Gasteiger partial charge on any atom is -0.493 e. The van der Waals surface area contributed by atoms with Crippen molar-refractivity contribution in [1.29, 1.82) is 0 Å². The lowest BCUT2D eigenvalue weighted by atomic mass is 10.1. The third-order valence-electron chi connectivity index (χ3n) is 4.10. The van der Waals surface area contributed by atoms with E-state index >= 15 is 0 Å². The average molecular weight is 374 g/mol. The van der Waals surface area contributed by atoms with Crippen LogP contribution in [0.2, 0.25) is 0 Å². The van der Waals surface area contributed by atoms with E-state index < -0.39 is 0 Å². The van der Waals surface area contributed by atoms with Gasteiger partial charge in [-0.15, -0.1) is 0 Å². The Bertz CT molecular complexity index is 752. The molecule has 2 aromatic rings. The molecular formula is C21H27FN2O3. The smallest absolute Gasteiger partial charge is 0.257 e. The summed E-state index contributed by atoms with van der Waals surface area (Å²) in [5, 5.41) is 6.06. The molecule has 0 aliphatic carbocycles. The van der Waals surface area contributed by atoms with E-state index in [0.29, 0.717) is 36.6 Å². The molecule has 1 amide bonds. The second kappa shape index (κ2) is 10.5. The van der Waals surface area contributed by atoms with Crippen LogP contribution in [0, 0.1) is 5.82 Å². The number of ether oxygens (including phenoxy) is 2. The Labute approximate surface area is 159 Å². The molecule has 2 aromatic carbocycles. The summed E-state index contributed by atoms with van der Waals surface area (Å²) in [5.41, 5.74) is 1.71. The van der Waals surface area contributed by atoms with E-state index in [9.17, 15) is 9.18 Å². The van der Waals surface area contributed by atoms with Crippen molar-refractivity contribution in [1.82, 2.24) is 10.6 Å². The molecule has 0 spiro atoms. The van der Waals surface area contributed by atoms with Crippen LogP contribution in [-0.2, 0) is 17.8 Å². The largest absolute Gasteiger partial charge is 0.493 e. The first-order chi connectivity index (χ1) is 13.0. The van der Waals surface area contributed by atoms with Crippen LogP contribution >= 0.6 is 0 Å². The molecule has 0 aromatic heterocycles. The van der Waals surface area contributed by atoms with Gasteiger partial charge in [0.1, 0.15) is 5.82 Å². The van der Waals surface area contributed by atoms with Crippen molar-refractivity contribution in [2.24, 2.45) is 0 Å². The normalized spacial score (nSPS) is 11.7. The van der Waals surface area contributed by atoms with Gasteiger partial charge in [0.05, 0.1) is 7.11 Å². The molecule has 0 aliphatic heterocycles. The number of halogens is 1. The summed E-state index contributed by atoms with van der Waals surface area (Å²) in [6.45, 7) is 5.00. The highest BCUT2D eigenvalue weighted by atomic mass is 19.1. The molecule has 0 aliphatic rings. The van der Waals surface area contributed by atoms with Crippen LogP contribution in [0.25, 0.3) is 0 Å². The maximum absolute atomic E-state index is 13.7. The van der Waals surface area contributed by atoms with E-state index in [1.807, 2.05) is 32.0 Å². The molecule has 146 valence electrons. The van der Waals surface area contributed by atoms with Gasteiger partial charge >= 0.3 is 0 Å². The molecule has 5 nitrogen and oxygen atoms in total. The molecule has 0 radical (unpaired) electrons. The first-order valence-electron chi connectivity index (χ1n) is 9.06. The quantitative estimate of drug-likeness (QED) is 0.671. The summed E-state index contributed by atoms with van der Waals surface area (Å²) in [7, 11) is 1.56. The third kappa shape index (κ3) is 6.57. The number of nitrogens with one attached hydrogen (secondary N) is 2. The van der Waals surface area contributed by atoms with E-state index in [1.54, 1.807) is 25.3 Å². The van der Waals surface area contributed by atoms with Gasteiger partial charge in [0.2, 0.25) is 0 Å². The Morgan fingerprint density at radius 3 is 2.67 bits per heavy atom. The maximum Gasteiger partial charge on any atom is 0.257 e. The number of likely N-dealkylation sites (N-methyl/N-ethyl adjacent to an activating group) is 1. The average Bonchev–Trinajstić information content (AvgIpc) is 2.67. The fraction of sp³-hybridized carbons (Fsp3) is 0.381. The van der Waals surface area contributed by atoms with Crippen molar-refractivity contribution >= 4 is 5.91 Å². The van der Waals surface area contributed by atoms with Crippen molar-refractivity contribution in [3.63, 3.8) is 0 Å². The molecule has 0 fully saturated rings. The van der Waals surface area contributed by atoms with Gasteiger partial charge in [-0.25, -0.2) is 4.39 Å². The van der Waals surface area contributed by atoms with Gasteiger partial charge in [-0.1, -0.05) is 24.3 Å². The van der Waals surface area contributed by atoms with Gasteiger partial charge in [0, 0.05) is 19.1 Å². The summed E-state index contributed by atoms with van der Waals surface area (Å²) < 4.78 is 24.6. The zero-order valence-electron chi connectivity index (χ0n) is 16.0. The zero-order chi connectivity index (χ0) is 19.6. The molecule has 1 atom stereocenters. The number of hydrogen-bond donors (Lipinski definition) is 2. The zero-order valence-corrected chi connectivity index (χ0v) is 16.0. The number of rotatable bonds is 10. The lowest BCUT2D eigenvalue weighted by Crippen LogP contribution is -2.28. The first-order valence-corrected chi connectivity index (χ1v) is 9.06.